The molecule has 17 heavy (non-hydrogen) atoms. The third-order valence-corrected chi connectivity index (χ3v) is 5.28. The number of ketones is 1. The van der Waals surface area contributed by atoms with E-state index in [2.05, 4.69) is 42.5 Å². The van der Waals surface area contributed by atoms with E-state index in [-0.39, 0.29) is 5.92 Å². The van der Waals surface area contributed by atoms with Crippen molar-refractivity contribution in [2.24, 2.45) is 11.8 Å². The summed E-state index contributed by atoms with van der Waals surface area (Å²) in [4.78, 5) is 12.5. The van der Waals surface area contributed by atoms with E-state index in [4.69, 9.17) is 0 Å². The third-order valence-electron chi connectivity index (χ3n) is 3.84. The Kier molecular flexibility index (Phi) is 4.23. The lowest BCUT2D eigenvalue weighted by Gasteiger charge is -2.25. The average molecular weight is 342 g/mol. The molecule has 1 aromatic rings. The standard InChI is InChI=1S/C15H19IO/c1-10-6-8-12(9-7-10)15(17)13-5-3-4-11(2)14(13)16/h3-5,10,12H,6-9H2,1-2H3. The van der Waals surface area contributed by atoms with Crippen LogP contribution in [0.15, 0.2) is 18.2 Å². The smallest absolute Gasteiger partial charge is 0.167 e. The first kappa shape index (κ1) is 13.1. The van der Waals surface area contributed by atoms with Gasteiger partial charge in [-0.1, -0.05) is 38.0 Å². The second-order valence-corrected chi connectivity index (χ2v) is 6.34. The summed E-state index contributed by atoms with van der Waals surface area (Å²) < 4.78 is 1.13. The average Bonchev–Trinajstić information content (AvgIpc) is 2.33. The summed E-state index contributed by atoms with van der Waals surface area (Å²) in [6.45, 7) is 4.36. The first-order valence-corrected chi connectivity index (χ1v) is 7.46. The van der Waals surface area contributed by atoms with E-state index in [1.807, 2.05) is 12.1 Å². The van der Waals surface area contributed by atoms with E-state index in [1.54, 1.807) is 0 Å². The van der Waals surface area contributed by atoms with E-state index < -0.39 is 0 Å². The third kappa shape index (κ3) is 2.90. The van der Waals surface area contributed by atoms with Gasteiger partial charge in [-0.05, 0) is 53.8 Å². The van der Waals surface area contributed by atoms with Crippen molar-refractivity contribution in [1.82, 2.24) is 0 Å². The number of hydrogen-bond acceptors (Lipinski definition) is 1. The van der Waals surface area contributed by atoms with E-state index in [0.717, 1.165) is 27.9 Å². The zero-order valence-electron chi connectivity index (χ0n) is 10.5. The number of carbonyl (C=O) groups is 1. The zero-order valence-corrected chi connectivity index (χ0v) is 12.7. The van der Waals surface area contributed by atoms with Crippen LogP contribution < -0.4 is 0 Å². The molecular formula is C15H19IO. The minimum Gasteiger partial charge on any atom is -0.294 e. The molecule has 1 saturated carbocycles. The first-order valence-electron chi connectivity index (χ1n) is 6.39. The van der Waals surface area contributed by atoms with Crippen molar-refractivity contribution in [1.29, 1.82) is 0 Å². The van der Waals surface area contributed by atoms with Crippen molar-refractivity contribution in [2.75, 3.05) is 0 Å². The number of Topliss-reactive ketones (excluding diaryl/α,β-unsaturated/α-hetero) is 1. The van der Waals surface area contributed by atoms with Crippen molar-refractivity contribution in [3.05, 3.63) is 32.9 Å². The Labute approximate surface area is 117 Å². The fourth-order valence-corrected chi connectivity index (χ4v) is 3.21. The molecule has 92 valence electrons. The van der Waals surface area contributed by atoms with Gasteiger partial charge < -0.3 is 0 Å². The maximum absolute atomic E-state index is 12.5. The van der Waals surface area contributed by atoms with Crippen molar-refractivity contribution in [3.8, 4) is 0 Å². The predicted molar refractivity (Wildman–Crippen MR) is 79.3 cm³/mol. The molecule has 0 amide bonds. The molecule has 0 bridgehead atoms. The van der Waals surface area contributed by atoms with Crippen LogP contribution in [0, 0.1) is 22.3 Å². The van der Waals surface area contributed by atoms with E-state index in [9.17, 15) is 4.79 Å². The minimum absolute atomic E-state index is 0.265. The lowest BCUT2D eigenvalue weighted by molar-refractivity contribution is 0.0874. The molecule has 2 heteroatoms. The summed E-state index contributed by atoms with van der Waals surface area (Å²) in [6.07, 6.45) is 4.56. The van der Waals surface area contributed by atoms with Crippen LogP contribution in [0.3, 0.4) is 0 Å². The molecule has 0 unspecified atom stereocenters. The minimum atomic E-state index is 0.265. The van der Waals surface area contributed by atoms with Crippen LogP contribution in [-0.4, -0.2) is 5.78 Å². The van der Waals surface area contributed by atoms with Crippen molar-refractivity contribution in [2.45, 2.75) is 39.5 Å². The number of rotatable bonds is 2. The van der Waals surface area contributed by atoms with Gasteiger partial charge in [-0.2, -0.15) is 0 Å². The maximum atomic E-state index is 12.5. The van der Waals surface area contributed by atoms with Gasteiger partial charge in [0.2, 0.25) is 0 Å². The zero-order chi connectivity index (χ0) is 12.4. The SMILES string of the molecule is Cc1cccc(C(=O)C2CCC(C)CC2)c1I. The van der Waals surface area contributed by atoms with E-state index >= 15 is 0 Å². The number of halogens is 1. The molecule has 0 N–H and O–H groups in total. The Hall–Kier alpha value is -0.380. The van der Waals surface area contributed by atoms with Gasteiger partial charge in [-0.15, -0.1) is 0 Å². The molecule has 1 nitrogen and oxygen atoms in total. The molecule has 1 aliphatic carbocycles. The Morgan fingerprint density at radius 3 is 2.53 bits per heavy atom. The van der Waals surface area contributed by atoms with E-state index in [0.29, 0.717) is 5.78 Å². The van der Waals surface area contributed by atoms with Crippen molar-refractivity contribution < 1.29 is 4.79 Å². The number of benzene rings is 1. The van der Waals surface area contributed by atoms with Crippen LogP contribution in [0.25, 0.3) is 0 Å². The van der Waals surface area contributed by atoms with Crippen molar-refractivity contribution >= 4 is 28.4 Å². The van der Waals surface area contributed by atoms with E-state index in [1.165, 1.54) is 18.4 Å². The largest absolute Gasteiger partial charge is 0.294 e. The lowest BCUT2D eigenvalue weighted by atomic mass is 9.79. The van der Waals surface area contributed by atoms with Gasteiger partial charge in [0.1, 0.15) is 0 Å². The Morgan fingerprint density at radius 1 is 1.24 bits per heavy atom. The molecule has 0 aliphatic heterocycles. The van der Waals surface area contributed by atoms with Crippen LogP contribution in [0.4, 0.5) is 0 Å². The number of carbonyl (C=O) groups excluding carboxylic acids is 1. The highest BCUT2D eigenvalue weighted by Crippen LogP contribution is 2.32. The highest BCUT2D eigenvalue weighted by Gasteiger charge is 2.26. The van der Waals surface area contributed by atoms with Gasteiger partial charge >= 0.3 is 0 Å². The molecule has 0 aromatic heterocycles. The number of hydrogen-bond donors (Lipinski definition) is 0. The van der Waals surface area contributed by atoms with Gasteiger partial charge in [-0.25, -0.2) is 0 Å². The van der Waals surface area contributed by atoms with Gasteiger partial charge in [0.15, 0.2) is 5.78 Å². The summed E-state index contributed by atoms with van der Waals surface area (Å²) in [6, 6.07) is 6.05. The second kappa shape index (κ2) is 5.51. The van der Waals surface area contributed by atoms with Crippen LogP contribution >= 0.6 is 22.6 Å². The van der Waals surface area contributed by atoms with Gasteiger partial charge in [-0.3, -0.25) is 4.79 Å². The second-order valence-electron chi connectivity index (χ2n) is 5.26. The summed E-state index contributed by atoms with van der Waals surface area (Å²) >= 11 is 2.30. The monoisotopic (exact) mass is 342 g/mol. The van der Waals surface area contributed by atoms with Crippen LogP contribution in [0.1, 0.15) is 48.5 Å². The van der Waals surface area contributed by atoms with Gasteiger partial charge in [0.05, 0.1) is 0 Å². The highest BCUT2D eigenvalue weighted by atomic mass is 127. The number of aryl methyl sites for hydroxylation is 1. The molecule has 0 spiro atoms. The normalized spacial score (nSPS) is 24.6. The lowest BCUT2D eigenvalue weighted by Crippen LogP contribution is -2.21. The molecule has 0 atom stereocenters. The summed E-state index contributed by atoms with van der Waals surface area (Å²) in [5, 5.41) is 0. The molecule has 1 aliphatic rings. The maximum Gasteiger partial charge on any atom is 0.167 e. The van der Waals surface area contributed by atoms with Crippen LogP contribution in [-0.2, 0) is 0 Å². The molecule has 0 heterocycles. The predicted octanol–water partition coefficient (Wildman–Crippen LogP) is 4.61. The molecule has 1 fully saturated rings. The van der Waals surface area contributed by atoms with Crippen molar-refractivity contribution in [3.63, 3.8) is 0 Å². The fraction of sp³-hybridized carbons (Fsp3) is 0.533. The molecule has 2 rings (SSSR count). The first-order chi connectivity index (χ1) is 8.09. The topological polar surface area (TPSA) is 17.1 Å². The van der Waals surface area contributed by atoms with Gasteiger partial charge in [0.25, 0.3) is 0 Å². The Bertz CT molecular complexity index is 417. The molecular weight excluding hydrogens is 323 g/mol. The highest BCUT2D eigenvalue weighted by molar-refractivity contribution is 14.1. The van der Waals surface area contributed by atoms with Crippen LogP contribution in [0.5, 0.6) is 0 Å². The summed E-state index contributed by atoms with van der Waals surface area (Å²) in [5.41, 5.74) is 2.14. The quantitative estimate of drug-likeness (QED) is 0.567. The Morgan fingerprint density at radius 2 is 1.88 bits per heavy atom. The molecule has 1 aromatic carbocycles. The Balaban J connectivity index is 2.17. The molecule has 0 saturated heterocycles. The summed E-state index contributed by atoms with van der Waals surface area (Å²) in [5.74, 6) is 1.43. The summed E-state index contributed by atoms with van der Waals surface area (Å²) in [7, 11) is 0. The molecule has 0 radical (unpaired) electrons. The van der Waals surface area contributed by atoms with Crippen LogP contribution in [0.2, 0.25) is 0 Å². The fourth-order valence-electron chi connectivity index (χ4n) is 2.58. The van der Waals surface area contributed by atoms with Gasteiger partial charge in [0, 0.05) is 15.1 Å².